The normalized spacial score (nSPS) is 11.7. The molecule has 0 fully saturated rings. The Morgan fingerprint density at radius 3 is 2.00 bits per heavy atom. The number of halogens is 2. The van der Waals surface area contributed by atoms with Crippen LogP contribution in [0.4, 0.5) is 8.78 Å². The van der Waals surface area contributed by atoms with Gasteiger partial charge in [-0.15, -0.1) is 0 Å². The molecule has 2 N–H and O–H groups in total. The fourth-order valence-electron chi connectivity index (χ4n) is 0.925. The van der Waals surface area contributed by atoms with Crippen molar-refractivity contribution in [3.05, 3.63) is 30.1 Å². The van der Waals surface area contributed by atoms with Crippen LogP contribution in [0.5, 0.6) is 5.75 Å². The van der Waals surface area contributed by atoms with Crippen LogP contribution in [0.1, 0.15) is 45.4 Å². The van der Waals surface area contributed by atoms with Crippen LogP contribution in [0.15, 0.2) is 18.8 Å². The van der Waals surface area contributed by atoms with E-state index in [-0.39, 0.29) is 5.69 Å². The molecule has 1 rings (SSSR count). The second-order valence-corrected chi connectivity index (χ2v) is 5.47. The number of alkyl halides is 2. The second kappa shape index (κ2) is 7.47. The first kappa shape index (κ1) is 19.5. The topological polar surface area (TPSA) is 62.6 Å². The molecule has 1 aromatic heterocycles. The highest BCUT2D eigenvalue weighted by Gasteiger charge is 2.31. The third-order valence-corrected chi connectivity index (χ3v) is 3.08. The van der Waals surface area contributed by atoms with Gasteiger partial charge in [0.1, 0.15) is 11.4 Å². The molecule has 0 aliphatic carbocycles. The molecule has 0 radical (unpaired) electrons. The Bertz CT molecular complexity index is 451. The van der Waals surface area contributed by atoms with Gasteiger partial charge in [0.15, 0.2) is 0 Å². The maximum absolute atomic E-state index is 12.2. The van der Waals surface area contributed by atoms with Gasteiger partial charge in [0, 0.05) is 5.56 Å². The summed E-state index contributed by atoms with van der Waals surface area (Å²) in [4.78, 5) is 3.53. The zero-order chi connectivity index (χ0) is 16.8. The van der Waals surface area contributed by atoms with Crippen molar-refractivity contribution in [3.63, 3.8) is 0 Å². The zero-order valence-corrected chi connectivity index (χ0v) is 13.0. The van der Waals surface area contributed by atoms with Crippen molar-refractivity contribution in [2.45, 2.75) is 45.3 Å². The molecule has 1 heterocycles. The Kier molecular flexibility index (Phi) is 6.93. The summed E-state index contributed by atoms with van der Waals surface area (Å²) in [5.41, 5.74) is -1.76. The van der Waals surface area contributed by atoms with Gasteiger partial charge in [0.25, 0.3) is 6.43 Å². The number of hydrogen-bond acceptors (Lipinski definition) is 4. The quantitative estimate of drug-likeness (QED) is 0.896. The molecule has 0 aromatic carbocycles. The van der Waals surface area contributed by atoms with Gasteiger partial charge in [-0.05, 0) is 33.8 Å². The van der Waals surface area contributed by atoms with E-state index in [1.54, 1.807) is 27.7 Å². The van der Waals surface area contributed by atoms with Crippen molar-refractivity contribution < 1.29 is 23.7 Å². The van der Waals surface area contributed by atoms with Gasteiger partial charge < -0.3 is 14.9 Å². The average Bonchev–Trinajstić information content (AvgIpc) is 2.36. The summed E-state index contributed by atoms with van der Waals surface area (Å²) in [7, 11) is 1.45. The summed E-state index contributed by atoms with van der Waals surface area (Å²) in [6.45, 7) is 9.79. The lowest BCUT2D eigenvalue weighted by atomic mass is 9.90. The number of rotatable bonds is 4. The van der Waals surface area contributed by atoms with Crippen molar-refractivity contribution in [1.29, 1.82) is 0 Å². The van der Waals surface area contributed by atoms with E-state index in [1.807, 2.05) is 0 Å². The second-order valence-electron chi connectivity index (χ2n) is 5.47. The minimum Gasteiger partial charge on any atom is -0.495 e. The Balaban J connectivity index is 0.000000433. The van der Waals surface area contributed by atoms with Gasteiger partial charge >= 0.3 is 0 Å². The third kappa shape index (κ3) is 6.18. The van der Waals surface area contributed by atoms with E-state index in [1.165, 1.54) is 25.4 Å². The number of pyridine rings is 1. The van der Waals surface area contributed by atoms with Crippen LogP contribution in [-0.2, 0) is 0 Å². The Morgan fingerprint density at radius 1 is 1.24 bits per heavy atom. The summed E-state index contributed by atoms with van der Waals surface area (Å²) in [6, 6.07) is 1.26. The van der Waals surface area contributed by atoms with Gasteiger partial charge in [0.2, 0.25) is 0 Å². The molecule has 1 aromatic rings. The molecular formula is C15H23F2NO3. The number of hydrogen-bond donors (Lipinski definition) is 2. The fraction of sp³-hybridized carbons (Fsp3) is 0.533. The Labute approximate surface area is 124 Å². The summed E-state index contributed by atoms with van der Waals surface area (Å²) < 4.78 is 29.3. The summed E-state index contributed by atoms with van der Waals surface area (Å²) in [5, 5.41) is 18.2. The number of aromatic nitrogens is 1. The van der Waals surface area contributed by atoms with Crippen LogP contribution in [0, 0.1) is 0 Å². The lowest BCUT2D eigenvalue weighted by molar-refractivity contribution is -0.107. The standard InChI is InChI=1S/C9H9F2NO.C6H14O2/c1-3-6-4-7(9(10)11)12-5-8(6)13-2;1-5(2,7)6(3,4)8/h3-5,9H,1H2,2H3;7-8H,1-4H3. The third-order valence-electron chi connectivity index (χ3n) is 3.08. The van der Waals surface area contributed by atoms with Crippen LogP contribution in [0.3, 0.4) is 0 Å². The number of methoxy groups -OCH3 is 1. The van der Waals surface area contributed by atoms with Crippen LogP contribution in [0.25, 0.3) is 6.08 Å². The van der Waals surface area contributed by atoms with Crippen molar-refractivity contribution >= 4 is 6.08 Å². The molecule has 120 valence electrons. The molecule has 0 unspecified atom stereocenters. The molecule has 0 aliphatic heterocycles. The number of ether oxygens (including phenoxy) is 1. The maximum Gasteiger partial charge on any atom is 0.280 e. The molecule has 0 bridgehead atoms. The minimum absolute atomic E-state index is 0.268. The van der Waals surface area contributed by atoms with E-state index in [4.69, 9.17) is 14.9 Å². The monoisotopic (exact) mass is 303 g/mol. The minimum atomic E-state index is -2.57. The van der Waals surface area contributed by atoms with Crippen LogP contribution in [-0.4, -0.2) is 33.5 Å². The molecule has 0 aliphatic rings. The van der Waals surface area contributed by atoms with Crippen molar-refractivity contribution in [2.75, 3.05) is 7.11 Å². The van der Waals surface area contributed by atoms with Gasteiger partial charge in [-0.3, -0.25) is 4.98 Å². The predicted octanol–water partition coefficient (Wildman–Crippen LogP) is 3.20. The van der Waals surface area contributed by atoms with E-state index < -0.39 is 17.6 Å². The van der Waals surface area contributed by atoms with Crippen LogP contribution < -0.4 is 4.74 Å². The molecule has 0 saturated carbocycles. The molecule has 21 heavy (non-hydrogen) atoms. The van der Waals surface area contributed by atoms with Crippen molar-refractivity contribution in [3.8, 4) is 5.75 Å². The average molecular weight is 303 g/mol. The highest BCUT2D eigenvalue weighted by atomic mass is 19.3. The fourth-order valence-corrected chi connectivity index (χ4v) is 0.925. The number of nitrogens with zero attached hydrogens (tertiary/aromatic N) is 1. The van der Waals surface area contributed by atoms with Crippen molar-refractivity contribution in [1.82, 2.24) is 4.98 Å². The van der Waals surface area contributed by atoms with Gasteiger partial charge in [-0.2, -0.15) is 0 Å². The summed E-state index contributed by atoms with van der Waals surface area (Å²) >= 11 is 0. The molecule has 0 spiro atoms. The first-order chi connectivity index (χ1) is 9.44. The molecule has 0 atom stereocenters. The first-order valence-corrected chi connectivity index (χ1v) is 6.33. The summed E-state index contributed by atoms with van der Waals surface area (Å²) in [6.07, 6.45) is 0.148. The van der Waals surface area contributed by atoms with E-state index in [0.29, 0.717) is 11.3 Å². The van der Waals surface area contributed by atoms with E-state index in [9.17, 15) is 8.78 Å². The van der Waals surface area contributed by atoms with Crippen LogP contribution in [0.2, 0.25) is 0 Å². The lowest BCUT2D eigenvalue weighted by Crippen LogP contribution is -2.44. The van der Waals surface area contributed by atoms with Gasteiger partial charge in [-0.25, -0.2) is 8.78 Å². The molecule has 6 heteroatoms. The first-order valence-electron chi connectivity index (χ1n) is 6.33. The Hall–Kier alpha value is -1.53. The smallest absolute Gasteiger partial charge is 0.280 e. The van der Waals surface area contributed by atoms with Crippen molar-refractivity contribution in [2.24, 2.45) is 0 Å². The number of aliphatic hydroxyl groups is 2. The zero-order valence-electron chi connectivity index (χ0n) is 13.0. The van der Waals surface area contributed by atoms with E-state index >= 15 is 0 Å². The summed E-state index contributed by atoms with van der Waals surface area (Å²) in [5.74, 6) is 0.444. The lowest BCUT2D eigenvalue weighted by Gasteiger charge is -2.31. The largest absolute Gasteiger partial charge is 0.495 e. The molecule has 0 amide bonds. The van der Waals surface area contributed by atoms with Crippen LogP contribution >= 0.6 is 0 Å². The van der Waals surface area contributed by atoms with Gasteiger partial charge in [-0.1, -0.05) is 12.7 Å². The Morgan fingerprint density at radius 2 is 1.71 bits per heavy atom. The predicted molar refractivity (Wildman–Crippen MR) is 78.4 cm³/mol. The van der Waals surface area contributed by atoms with E-state index in [2.05, 4.69) is 11.6 Å². The van der Waals surface area contributed by atoms with E-state index in [0.717, 1.165) is 0 Å². The maximum atomic E-state index is 12.2. The highest BCUT2D eigenvalue weighted by molar-refractivity contribution is 5.55. The highest BCUT2D eigenvalue weighted by Crippen LogP contribution is 2.24. The SMILES string of the molecule is C=Cc1cc(C(F)F)ncc1OC.CC(C)(O)C(C)(C)O. The molecule has 4 nitrogen and oxygen atoms in total. The molecule has 0 saturated heterocycles. The van der Waals surface area contributed by atoms with Gasteiger partial charge in [0.05, 0.1) is 24.5 Å². The molecular weight excluding hydrogens is 280 g/mol.